The molecule has 1 aromatic heterocycles. The number of aromatic nitrogens is 1. The van der Waals surface area contributed by atoms with Crippen LogP contribution in [0.5, 0.6) is 0 Å². The van der Waals surface area contributed by atoms with Crippen LogP contribution in [0.3, 0.4) is 0 Å². The number of fused-ring (bicyclic) bond motifs is 1. The zero-order valence-corrected chi connectivity index (χ0v) is 14.0. The molecule has 0 fully saturated rings. The zero-order valence-electron chi connectivity index (χ0n) is 12.5. The highest BCUT2D eigenvalue weighted by Gasteiger charge is 2.18. The van der Waals surface area contributed by atoms with Crippen molar-refractivity contribution in [1.29, 1.82) is 0 Å². The fraction of sp³-hybridized carbons (Fsp3) is 0.222. The second-order valence-corrected chi connectivity index (χ2v) is 6.36. The van der Waals surface area contributed by atoms with E-state index >= 15 is 0 Å². The Hall–Kier alpha value is -1.55. The Bertz CT molecular complexity index is 842. The van der Waals surface area contributed by atoms with Crippen molar-refractivity contribution in [3.63, 3.8) is 0 Å². The summed E-state index contributed by atoms with van der Waals surface area (Å²) in [5.41, 5.74) is 8.73. The van der Waals surface area contributed by atoms with Crippen LogP contribution in [0.1, 0.15) is 18.4 Å². The Morgan fingerprint density at radius 2 is 1.87 bits per heavy atom. The first-order valence-corrected chi connectivity index (χ1v) is 8.32. The second kappa shape index (κ2) is 6.91. The van der Waals surface area contributed by atoms with Gasteiger partial charge in [-0.1, -0.05) is 35.3 Å². The van der Waals surface area contributed by atoms with Crippen molar-refractivity contribution in [1.82, 2.24) is 4.98 Å². The summed E-state index contributed by atoms with van der Waals surface area (Å²) in [6.45, 7) is 0.636. The van der Waals surface area contributed by atoms with Gasteiger partial charge in [-0.15, -0.1) is 0 Å². The van der Waals surface area contributed by atoms with Gasteiger partial charge in [0.25, 0.3) is 0 Å². The third-order valence-electron chi connectivity index (χ3n) is 3.94. The first-order chi connectivity index (χ1) is 11.1. The molecule has 120 valence electrons. The molecule has 3 rings (SSSR count). The quantitative estimate of drug-likeness (QED) is 0.581. The molecule has 0 saturated carbocycles. The molecule has 2 aromatic carbocycles. The molecule has 0 spiro atoms. The smallest absolute Gasteiger partial charge is 0.132 e. The van der Waals surface area contributed by atoms with Crippen LogP contribution in [0, 0.1) is 5.82 Å². The monoisotopic (exact) mass is 350 g/mol. The van der Waals surface area contributed by atoms with E-state index in [1.807, 2.05) is 12.1 Å². The van der Waals surface area contributed by atoms with E-state index in [1.165, 1.54) is 6.07 Å². The Morgan fingerprint density at radius 3 is 2.61 bits per heavy atom. The second-order valence-electron chi connectivity index (χ2n) is 5.51. The number of benzene rings is 2. The van der Waals surface area contributed by atoms with Crippen LogP contribution in [-0.4, -0.2) is 11.5 Å². The molecule has 0 saturated heterocycles. The first-order valence-electron chi connectivity index (χ1n) is 7.56. The zero-order chi connectivity index (χ0) is 16.4. The summed E-state index contributed by atoms with van der Waals surface area (Å²) in [7, 11) is 0. The number of unbranched alkanes of at least 4 members (excludes halogenated alkanes) is 1. The summed E-state index contributed by atoms with van der Waals surface area (Å²) < 4.78 is 14.3. The Labute approximate surface area is 144 Å². The van der Waals surface area contributed by atoms with Crippen molar-refractivity contribution < 1.29 is 4.39 Å². The average molecular weight is 351 g/mol. The minimum Gasteiger partial charge on any atom is -0.354 e. The minimum absolute atomic E-state index is 0.263. The van der Waals surface area contributed by atoms with Crippen molar-refractivity contribution in [3.05, 3.63) is 57.8 Å². The van der Waals surface area contributed by atoms with E-state index in [1.54, 1.807) is 18.2 Å². The van der Waals surface area contributed by atoms with Gasteiger partial charge in [0.2, 0.25) is 0 Å². The highest BCUT2D eigenvalue weighted by Crippen LogP contribution is 2.38. The molecule has 0 aliphatic heterocycles. The Kier molecular flexibility index (Phi) is 4.90. The molecule has 0 bridgehead atoms. The van der Waals surface area contributed by atoms with Crippen molar-refractivity contribution in [3.8, 4) is 11.3 Å². The number of rotatable bonds is 5. The fourth-order valence-electron chi connectivity index (χ4n) is 2.90. The van der Waals surface area contributed by atoms with E-state index in [0.29, 0.717) is 22.2 Å². The van der Waals surface area contributed by atoms with Gasteiger partial charge < -0.3 is 10.7 Å². The van der Waals surface area contributed by atoms with Crippen LogP contribution in [0.2, 0.25) is 10.0 Å². The summed E-state index contributed by atoms with van der Waals surface area (Å²) in [5.74, 6) is -0.263. The van der Waals surface area contributed by atoms with Gasteiger partial charge in [-0.05, 0) is 55.6 Å². The van der Waals surface area contributed by atoms with Gasteiger partial charge in [-0.25, -0.2) is 4.39 Å². The van der Waals surface area contributed by atoms with Gasteiger partial charge in [0.1, 0.15) is 5.82 Å². The van der Waals surface area contributed by atoms with Crippen LogP contribution in [0.25, 0.3) is 22.2 Å². The first kappa shape index (κ1) is 16.3. The lowest BCUT2D eigenvalue weighted by molar-refractivity contribution is 0.630. The minimum atomic E-state index is -0.263. The van der Waals surface area contributed by atoms with Crippen molar-refractivity contribution in [2.24, 2.45) is 5.73 Å². The average Bonchev–Trinajstić information content (AvgIpc) is 2.86. The number of hydrogen-bond acceptors (Lipinski definition) is 1. The molecule has 1 heterocycles. The molecule has 2 nitrogen and oxygen atoms in total. The standard InChI is InChI=1S/C18H17Cl2FN2/c19-11-9-14(20)17-13(6-3-4-8-22)18(23-16(17)10-11)12-5-1-2-7-15(12)21/h1-2,5,7,9-10,23H,3-4,6,8,22H2. The van der Waals surface area contributed by atoms with Crippen molar-refractivity contribution >= 4 is 34.1 Å². The fourth-order valence-corrected chi connectivity index (χ4v) is 3.51. The summed E-state index contributed by atoms with van der Waals surface area (Å²) in [6.07, 6.45) is 2.61. The lowest BCUT2D eigenvalue weighted by atomic mass is 10.00. The molecule has 23 heavy (non-hydrogen) atoms. The van der Waals surface area contributed by atoms with Crippen molar-refractivity contribution in [2.75, 3.05) is 6.54 Å². The summed E-state index contributed by atoms with van der Waals surface area (Å²) in [6, 6.07) is 10.3. The molecule has 0 aliphatic carbocycles. The predicted octanol–water partition coefficient (Wildman–Crippen LogP) is 5.56. The van der Waals surface area contributed by atoms with E-state index in [0.717, 1.165) is 41.4 Å². The van der Waals surface area contributed by atoms with Crippen molar-refractivity contribution in [2.45, 2.75) is 19.3 Å². The summed E-state index contributed by atoms with van der Waals surface area (Å²) in [5, 5.41) is 2.04. The molecular formula is C18H17Cl2FN2. The van der Waals surface area contributed by atoms with E-state index in [2.05, 4.69) is 4.98 Å². The molecule has 0 aliphatic rings. The number of nitrogens with two attached hydrogens (primary N) is 1. The third kappa shape index (κ3) is 3.23. The number of hydrogen-bond donors (Lipinski definition) is 2. The molecule has 0 unspecified atom stereocenters. The maximum Gasteiger partial charge on any atom is 0.132 e. The molecule has 0 radical (unpaired) electrons. The normalized spacial score (nSPS) is 11.3. The highest BCUT2D eigenvalue weighted by atomic mass is 35.5. The molecule has 5 heteroatoms. The Balaban J connectivity index is 2.21. The van der Waals surface area contributed by atoms with E-state index in [-0.39, 0.29) is 5.82 Å². The molecule has 3 aromatic rings. The maximum absolute atomic E-state index is 14.3. The number of nitrogens with one attached hydrogen (secondary N) is 1. The van der Waals surface area contributed by atoms with Gasteiger partial charge in [-0.2, -0.15) is 0 Å². The topological polar surface area (TPSA) is 41.8 Å². The number of aromatic amines is 1. The van der Waals surface area contributed by atoms with Crippen LogP contribution in [-0.2, 0) is 6.42 Å². The van der Waals surface area contributed by atoms with Crippen LogP contribution >= 0.6 is 23.2 Å². The SMILES string of the molecule is NCCCCc1c(-c2ccccc2F)[nH]c2cc(Cl)cc(Cl)c12. The molecular weight excluding hydrogens is 334 g/mol. The van der Waals surface area contributed by atoms with Gasteiger partial charge in [0.05, 0.1) is 10.7 Å². The third-order valence-corrected chi connectivity index (χ3v) is 4.46. The number of H-pyrrole nitrogens is 1. The lowest BCUT2D eigenvalue weighted by Crippen LogP contribution is -1.99. The van der Waals surface area contributed by atoms with Gasteiger partial charge in [0, 0.05) is 21.5 Å². The largest absolute Gasteiger partial charge is 0.354 e. The van der Waals surface area contributed by atoms with Gasteiger partial charge in [-0.3, -0.25) is 0 Å². The van der Waals surface area contributed by atoms with Crippen LogP contribution in [0.4, 0.5) is 4.39 Å². The van der Waals surface area contributed by atoms with Crippen LogP contribution in [0.15, 0.2) is 36.4 Å². The molecule has 0 atom stereocenters. The number of aryl methyl sites for hydroxylation is 1. The van der Waals surface area contributed by atoms with Crippen LogP contribution < -0.4 is 5.73 Å². The lowest BCUT2D eigenvalue weighted by Gasteiger charge is -2.07. The van der Waals surface area contributed by atoms with Gasteiger partial charge >= 0.3 is 0 Å². The van der Waals surface area contributed by atoms with Gasteiger partial charge in [0.15, 0.2) is 0 Å². The summed E-state index contributed by atoms with van der Waals surface area (Å²) >= 11 is 12.5. The number of halogens is 3. The predicted molar refractivity (Wildman–Crippen MR) is 95.7 cm³/mol. The molecule has 0 amide bonds. The van der Waals surface area contributed by atoms with E-state index in [4.69, 9.17) is 28.9 Å². The molecule has 3 N–H and O–H groups in total. The maximum atomic E-state index is 14.3. The highest BCUT2D eigenvalue weighted by molar-refractivity contribution is 6.39. The van der Waals surface area contributed by atoms with E-state index < -0.39 is 0 Å². The summed E-state index contributed by atoms with van der Waals surface area (Å²) in [4.78, 5) is 3.29. The Morgan fingerprint density at radius 1 is 1.09 bits per heavy atom. The van der Waals surface area contributed by atoms with E-state index in [9.17, 15) is 4.39 Å².